The van der Waals surface area contributed by atoms with Gasteiger partial charge in [0.05, 0.1) is 5.54 Å². The molecule has 4 aliphatic rings. The van der Waals surface area contributed by atoms with Crippen LogP contribution in [0.3, 0.4) is 0 Å². The number of urea groups is 1. The van der Waals surface area contributed by atoms with Gasteiger partial charge in [-0.25, -0.2) is 4.79 Å². The Balaban J connectivity index is 1.54. The van der Waals surface area contributed by atoms with E-state index in [-0.39, 0.29) is 43.0 Å². The number of amides is 6. The van der Waals surface area contributed by atoms with Crippen LogP contribution in [0, 0.1) is 5.92 Å². The minimum absolute atomic E-state index is 0.179. The summed E-state index contributed by atoms with van der Waals surface area (Å²) in [6, 6.07) is 3.23. The third-order valence-electron chi connectivity index (χ3n) is 7.51. The van der Waals surface area contributed by atoms with Crippen LogP contribution in [0.5, 0.6) is 0 Å². The lowest BCUT2D eigenvalue weighted by molar-refractivity contribution is -0.137. The second-order valence-electron chi connectivity index (χ2n) is 9.64. The molecule has 0 spiro atoms. The fraction of sp³-hybridized carbons (Fsp3) is 0.400. The summed E-state index contributed by atoms with van der Waals surface area (Å²) in [6.07, 6.45) is 8.47. The molecule has 3 aliphatic heterocycles. The van der Waals surface area contributed by atoms with Crippen molar-refractivity contribution < 1.29 is 24.0 Å². The summed E-state index contributed by atoms with van der Waals surface area (Å²) in [5.74, 6) is -1.47. The maximum absolute atomic E-state index is 13.1. The van der Waals surface area contributed by atoms with Gasteiger partial charge in [0.1, 0.15) is 12.1 Å². The summed E-state index contributed by atoms with van der Waals surface area (Å²) in [5.41, 5.74) is 6.83. The summed E-state index contributed by atoms with van der Waals surface area (Å²) < 4.78 is 0. The first-order valence-corrected chi connectivity index (χ1v) is 11.6. The highest BCUT2D eigenvalue weighted by Gasteiger charge is 2.57. The lowest BCUT2D eigenvalue weighted by Crippen LogP contribution is -2.55. The van der Waals surface area contributed by atoms with Crippen LogP contribution in [-0.2, 0) is 26.5 Å². The number of fused-ring (bicyclic) bond motifs is 2. The number of carbonyl (C=O) groups excluding carboxylic acids is 5. The average Bonchev–Trinajstić information content (AvgIpc) is 3.34. The lowest BCUT2D eigenvalue weighted by Gasteiger charge is -2.42. The topological polar surface area (TPSA) is 133 Å². The van der Waals surface area contributed by atoms with Crippen molar-refractivity contribution in [3.63, 3.8) is 0 Å². The van der Waals surface area contributed by atoms with Gasteiger partial charge < -0.3 is 15.5 Å². The van der Waals surface area contributed by atoms with Gasteiger partial charge in [-0.2, -0.15) is 0 Å². The Hall–Kier alpha value is -3.95. The molecule has 1 aromatic carbocycles. The molecular weight excluding hydrogens is 450 g/mol. The summed E-state index contributed by atoms with van der Waals surface area (Å²) in [7, 11) is 3.29. The van der Waals surface area contributed by atoms with Crippen molar-refractivity contribution in [2.45, 2.75) is 43.4 Å². The quantitative estimate of drug-likeness (QED) is 0.616. The standard InChI is InChI=1S/C25H27N5O5/c1-28(2)23(34)19-12-15-5-3-4-10-25(15,30(19)24(26)35)16-6-7-17-14(11-16)13-29(22(17)33)18-8-9-20(31)27-21(18)32/h3-7,10-11,15,18-19H,8-9,12-13H2,1-2H3,(H2,26,35)(H,27,31,32)/t15?,18?,19-,25?/m0/s1. The minimum atomic E-state index is -0.975. The van der Waals surface area contributed by atoms with Crippen molar-refractivity contribution in [2.75, 3.05) is 14.1 Å². The first-order chi connectivity index (χ1) is 16.6. The molecule has 10 nitrogen and oxygen atoms in total. The van der Waals surface area contributed by atoms with Crippen molar-refractivity contribution in [1.82, 2.24) is 20.0 Å². The molecule has 1 aromatic rings. The van der Waals surface area contributed by atoms with Crippen LogP contribution in [0.25, 0.3) is 0 Å². The minimum Gasteiger partial charge on any atom is -0.351 e. The molecule has 35 heavy (non-hydrogen) atoms. The summed E-state index contributed by atoms with van der Waals surface area (Å²) in [4.78, 5) is 67.2. The number of nitrogens with two attached hydrogens (primary N) is 1. The number of hydrogen-bond acceptors (Lipinski definition) is 5. The van der Waals surface area contributed by atoms with Crippen molar-refractivity contribution >= 4 is 29.7 Å². The van der Waals surface area contributed by atoms with Crippen molar-refractivity contribution in [3.8, 4) is 0 Å². The smallest absolute Gasteiger partial charge is 0.316 e. The fourth-order valence-electron chi connectivity index (χ4n) is 5.91. The van der Waals surface area contributed by atoms with Gasteiger partial charge in [-0.05, 0) is 30.0 Å². The summed E-state index contributed by atoms with van der Waals surface area (Å²) >= 11 is 0. The molecule has 0 saturated carbocycles. The predicted molar refractivity (Wildman–Crippen MR) is 124 cm³/mol. The number of imide groups is 1. The molecule has 0 bridgehead atoms. The van der Waals surface area contributed by atoms with Crippen LogP contribution in [0.15, 0.2) is 42.5 Å². The van der Waals surface area contributed by atoms with Crippen LogP contribution >= 0.6 is 0 Å². The van der Waals surface area contributed by atoms with Gasteiger partial charge in [0.15, 0.2) is 0 Å². The number of nitrogens with zero attached hydrogens (tertiary/aromatic N) is 3. The number of carbonyl (C=O) groups is 5. The van der Waals surface area contributed by atoms with Gasteiger partial charge in [-0.1, -0.05) is 36.4 Å². The number of piperidine rings is 1. The SMILES string of the molecule is CN(C)C(=O)[C@@H]1CC2C=CC=CC2(c2ccc3c(c2)CN(C2CCC(=O)NC2=O)C3=O)N1C(N)=O. The molecule has 6 amide bonds. The zero-order chi connectivity index (χ0) is 25.1. The molecule has 2 fully saturated rings. The molecule has 4 atom stereocenters. The van der Waals surface area contributed by atoms with E-state index in [1.807, 2.05) is 30.4 Å². The number of benzene rings is 1. The molecule has 5 rings (SSSR count). The van der Waals surface area contributed by atoms with Gasteiger partial charge in [-0.3, -0.25) is 29.4 Å². The highest BCUT2D eigenvalue weighted by Crippen LogP contribution is 2.50. The second kappa shape index (κ2) is 8.07. The number of allylic oxidation sites excluding steroid dienone is 2. The Bertz CT molecular complexity index is 1220. The largest absolute Gasteiger partial charge is 0.351 e. The monoisotopic (exact) mass is 477 g/mol. The zero-order valence-electron chi connectivity index (χ0n) is 19.6. The normalized spacial score (nSPS) is 29.2. The van der Waals surface area contributed by atoms with Gasteiger partial charge in [0, 0.05) is 38.5 Å². The highest BCUT2D eigenvalue weighted by atomic mass is 16.2. The van der Waals surface area contributed by atoms with E-state index in [0.29, 0.717) is 12.0 Å². The van der Waals surface area contributed by atoms with Crippen LogP contribution in [0.4, 0.5) is 4.79 Å². The lowest BCUT2D eigenvalue weighted by atomic mass is 9.75. The van der Waals surface area contributed by atoms with E-state index in [0.717, 1.165) is 11.1 Å². The third kappa shape index (κ3) is 3.35. The van der Waals surface area contributed by atoms with Crippen LogP contribution < -0.4 is 11.1 Å². The third-order valence-corrected chi connectivity index (χ3v) is 7.51. The van der Waals surface area contributed by atoms with E-state index in [2.05, 4.69) is 5.32 Å². The Kier molecular flexibility index (Phi) is 5.26. The summed E-state index contributed by atoms with van der Waals surface area (Å²) in [6.45, 7) is 0.214. The number of likely N-dealkylation sites (N-methyl/N-ethyl adjacent to an activating group) is 1. The zero-order valence-corrected chi connectivity index (χ0v) is 19.6. The number of rotatable bonds is 3. The molecule has 3 N–H and O–H groups in total. The van der Waals surface area contributed by atoms with E-state index in [1.165, 1.54) is 14.7 Å². The first-order valence-electron chi connectivity index (χ1n) is 11.6. The second-order valence-corrected chi connectivity index (χ2v) is 9.64. The number of primary amides is 1. The van der Waals surface area contributed by atoms with E-state index in [4.69, 9.17) is 5.73 Å². The van der Waals surface area contributed by atoms with E-state index < -0.39 is 29.6 Å². The molecule has 0 radical (unpaired) electrons. The van der Waals surface area contributed by atoms with Crippen molar-refractivity contribution in [1.29, 1.82) is 0 Å². The van der Waals surface area contributed by atoms with Crippen LogP contribution in [0.1, 0.15) is 40.7 Å². The van der Waals surface area contributed by atoms with Crippen LogP contribution in [-0.4, -0.2) is 70.5 Å². The first kappa shape index (κ1) is 22.8. The van der Waals surface area contributed by atoms with Crippen LogP contribution in [0.2, 0.25) is 0 Å². The van der Waals surface area contributed by atoms with Crippen molar-refractivity contribution in [3.05, 3.63) is 59.2 Å². The Morgan fingerprint density at radius 2 is 1.94 bits per heavy atom. The molecule has 3 unspecified atom stereocenters. The molecule has 182 valence electrons. The van der Waals surface area contributed by atoms with Crippen molar-refractivity contribution in [2.24, 2.45) is 11.7 Å². The van der Waals surface area contributed by atoms with E-state index in [9.17, 15) is 24.0 Å². The van der Waals surface area contributed by atoms with E-state index in [1.54, 1.807) is 26.2 Å². The Morgan fingerprint density at radius 3 is 2.63 bits per heavy atom. The molecular formula is C25H27N5O5. The molecule has 1 aliphatic carbocycles. The molecule has 0 aromatic heterocycles. The highest BCUT2D eigenvalue weighted by molar-refractivity contribution is 6.05. The molecule has 3 heterocycles. The maximum Gasteiger partial charge on any atom is 0.316 e. The van der Waals surface area contributed by atoms with Gasteiger partial charge in [-0.15, -0.1) is 0 Å². The number of likely N-dealkylation sites (tertiary alicyclic amines) is 1. The fourth-order valence-corrected chi connectivity index (χ4v) is 5.91. The maximum atomic E-state index is 13.1. The van der Waals surface area contributed by atoms with Gasteiger partial charge >= 0.3 is 6.03 Å². The van der Waals surface area contributed by atoms with E-state index >= 15 is 0 Å². The number of hydrogen-bond donors (Lipinski definition) is 2. The van der Waals surface area contributed by atoms with Gasteiger partial charge in [0.2, 0.25) is 17.7 Å². The molecule has 2 saturated heterocycles. The average molecular weight is 478 g/mol. The van der Waals surface area contributed by atoms with Gasteiger partial charge in [0.25, 0.3) is 5.91 Å². The predicted octanol–water partition coefficient (Wildman–Crippen LogP) is 0.626. The Labute approximate surface area is 202 Å². The number of nitrogens with one attached hydrogen (secondary N) is 1. The molecule has 10 heteroatoms. The Morgan fingerprint density at radius 1 is 1.17 bits per heavy atom. The summed E-state index contributed by atoms with van der Waals surface area (Å²) in [5, 5.41) is 2.31.